The normalized spacial score (nSPS) is 15.8. The van der Waals surface area contributed by atoms with E-state index in [1.54, 1.807) is 11.3 Å². The summed E-state index contributed by atoms with van der Waals surface area (Å²) in [4.78, 5) is 0.959. The zero-order chi connectivity index (χ0) is 14.1. The van der Waals surface area contributed by atoms with Crippen LogP contribution >= 0.6 is 27.3 Å². The second-order valence-electron chi connectivity index (χ2n) is 4.74. The first-order chi connectivity index (χ1) is 9.66. The third kappa shape index (κ3) is 2.57. The molecule has 0 saturated heterocycles. The fraction of sp³-hybridized carbons (Fsp3) is 0.333. The minimum absolute atomic E-state index is 0.641. The predicted molar refractivity (Wildman–Crippen MR) is 82.9 cm³/mol. The van der Waals surface area contributed by atoms with Crippen LogP contribution in [0, 0.1) is 6.92 Å². The highest BCUT2D eigenvalue weighted by Gasteiger charge is 2.21. The monoisotopic (exact) mass is 354 g/mol. The number of hydrogen-bond donors (Lipinski definition) is 1. The molecule has 2 heterocycles. The van der Waals surface area contributed by atoms with E-state index in [-0.39, 0.29) is 0 Å². The zero-order valence-electron chi connectivity index (χ0n) is 11.1. The summed E-state index contributed by atoms with van der Waals surface area (Å²) >= 11 is 5.08. The molecule has 1 aromatic carbocycles. The SMILES string of the molecule is Cc1ccsc1C(O)c1cc2c(cc1Br)OCCCO2. The first-order valence-corrected chi connectivity index (χ1v) is 8.15. The number of fused-ring (bicyclic) bond motifs is 1. The van der Waals surface area contributed by atoms with E-state index in [4.69, 9.17) is 9.47 Å². The highest BCUT2D eigenvalue weighted by molar-refractivity contribution is 9.10. The molecule has 5 heteroatoms. The molecule has 0 saturated carbocycles. The molecule has 1 N–H and O–H groups in total. The van der Waals surface area contributed by atoms with E-state index in [1.807, 2.05) is 30.5 Å². The number of halogens is 1. The van der Waals surface area contributed by atoms with Crippen molar-refractivity contribution in [2.24, 2.45) is 0 Å². The zero-order valence-corrected chi connectivity index (χ0v) is 13.5. The summed E-state index contributed by atoms with van der Waals surface area (Å²) < 4.78 is 12.2. The van der Waals surface area contributed by atoms with Gasteiger partial charge in [0, 0.05) is 21.3 Å². The number of hydrogen-bond acceptors (Lipinski definition) is 4. The van der Waals surface area contributed by atoms with Crippen LogP contribution in [0.1, 0.15) is 28.5 Å². The number of aliphatic hydroxyl groups excluding tert-OH is 1. The lowest BCUT2D eigenvalue weighted by Gasteiger charge is -2.16. The first kappa shape index (κ1) is 13.9. The summed E-state index contributed by atoms with van der Waals surface area (Å²) in [7, 11) is 0. The van der Waals surface area contributed by atoms with E-state index in [0.29, 0.717) is 19.0 Å². The van der Waals surface area contributed by atoms with Crippen molar-refractivity contribution in [3.05, 3.63) is 44.1 Å². The summed E-state index contributed by atoms with van der Waals surface area (Å²) in [6.45, 7) is 3.31. The van der Waals surface area contributed by atoms with Crippen molar-refractivity contribution in [3.63, 3.8) is 0 Å². The number of rotatable bonds is 2. The van der Waals surface area contributed by atoms with Crippen molar-refractivity contribution < 1.29 is 14.6 Å². The summed E-state index contributed by atoms with van der Waals surface area (Å²) in [6, 6.07) is 5.76. The summed E-state index contributed by atoms with van der Waals surface area (Å²) in [5.74, 6) is 1.43. The van der Waals surface area contributed by atoms with Gasteiger partial charge in [-0.25, -0.2) is 0 Å². The van der Waals surface area contributed by atoms with Crippen molar-refractivity contribution in [1.82, 2.24) is 0 Å². The van der Waals surface area contributed by atoms with Gasteiger partial charge in [0.2, 0.25) is 0 Å². The van der Waals surface area contributed by atoms with Gasteiger partial charge in [-0.2, -0.15) is 0 Å². The Labute approximate surface area is 130 Å². The van der Waals surface area contributed by atoms with Gasteiger partial charge in [0.1, 0.15) is 6.10 Å². The van der Waals surface area contributed by atoms with Crippen LogP contribution in [0.25, 0.3) is 0 Å². The Balaban J connectivity index is 2.01. The Hall–Kier alpha value is -1.04. The molecule has 20 heavy (non-hydrogen) atoms. The highest BCUT2D eigenvalue weighted by atomic mass is 79.9. The van der Waals surface area contributed by atoms with Crippen LogP contribution in [-0.2, 0) is 0 Å². The standard InChI is InChI=1S/C15H15BrO3S/c1-9-3-6-20-15(9)14(17)10-7-12-13(8-11(10)16)19-5-2-4-18-12/h3,6-8,14,17H,2,4-5H2,1H3. The van der Waals surface area contributed by atoms with Crippen LogP contribution in [0.2, 0.25) is 0 Å². The molecule has 0 aliphatic carbocycles. The molecule has 1 aromatic heterocycles. The van der Waals surface area contributed by atoms with Crippen LogP contribution < -0.4 is 9.47 Å². The Morgan fingerprint density at radius 2 is 1.95 bits per heavy atom. The lowest BCUT2D eigenvalue weighted by molar-refractivity contribution is 0.221. The van der Waals surface area contributed by atoms with E-state index in [9.17, 15) is 5.11 Å². The molecule has 0 bridgehead atoms. The Morgan fingerprint density at radius 3 is 2.60 bits per heavy atom. The number of ether oxygens (including phenoxy) is 2. The molecule has 1 aliphatic rings. The smallest absolute Gasteiger partial charge is 0.162 e. The van der Waals surface area contributed by atoms with Crippen LogP contribution in [0.3, 0.4) is 0 Å². The quantitative estimate of drug-likeness (QED) is 0.883. The van der Waals surface area contributed by atoms with Gasteiger partial charge in [-0.3, -0.25) is 0 Å². The average Bonchev–Trinajstić information content (AvgIpc) is 2.72. The van der Waals surface area contributed by atoms with Crippen LogP contribution in [0.5, 0.6) is 11.5 Å². The number of thiophene rings is 1. The van der Waals surface area contributed by atoms with E-state index in [1.165, 1.54) is 0 Å². The summed E-state index contributed by atoms with van der Waals surface area (Å²) in [6.07, 6.45) is 0.218. The fourth-order valence-corrected chi connectivity index (χ4v) is 3.68. The molecule has 3 nitrogen and oxygen atoms in total. The Morgan fingerprint density at radius 1 is 1.25 bits per heavy atom. The van der Waals surface area contributed by atoms with E-state index < -0.39 is 6.10 Å². The van der Waals surface area contributed by atoms with Gasteiger partial charge in [-0.05, 0) is 36.1 Å². The maximum absolute atomic E-state index is 10.6. The topological polar surface area (TPSA) is 38.7 Å². The van der Waals surface area contributed by atoms with E-state index >= 15 is 0 Å². The molecular weight excluding hydrogens is 340 g/mol. The lowest BCUT2D eigenvalue weighted by Crippen LogP contribution is -2.02. The number of aryl methyl sites for hydroxylation is 1. The third-order valence-electron chi connectivity index (χ3n) is 3.31. The van der Waals surface area contributed by atoms with Gasteiger partial charge in [0.15, 0.2) is 11.5 Å². The molecule has 106 valence electrons. The predicted octanol–water partition coefficient (Wildman–Crippen LogP) is 4.06. The highest BCUT2D eigenvalue weighted by Crippen LogP contribution is 2.40. The molecule has 3 rings (SSSR count). The summed E-state index contributed by atoms with van der Waals surface area (Å²) in [5.41, 5.74) is 1.90. The molecule has 1 atom stereocenters. The fourth-order valence-electron chi connectivity index (χ4n) is 2.21. The molecule has 1 aliphatic heterocycles. The molecule has 0 fully saturated rings. The largest absolute Gasteiger partial charge is 0.490 e. The molecular formula is C15H15BrO3S. The van der Waals surface area contributed by atoms with Gasteiger partial charge in [-0.15, -0.1) is 11.3 Å². The van der Waals surface area contributed by atoms with Gasteiger partial charge < -0.3 is 14.6 Å². The van der Waals surface area contributed by atoms with Crippen molar-refractivity contribution in [1.29, 1.82) is 0 Å². The van der Waals surface area contributed by atoms with Crippen molar-refractivity contribution in [3.8, 4) is 11.5 Å². The van der Waals surface area contributed by atoms with Gasteiger partial charge >= 0.3 is 0 Å². The third-order valence-corrected chi connectivity index (χ3v) is 5.07. The van der Waals surface area contributed by atoms with Crippen molar-refractivity contribution >= 4 is 27.3 Å². The Bertz CT molecular complexity index is 624. The van der Waals surface area contributed by atoms with E-state index in [2.05, 4.69) is 15.9 Å². The molecule has 1 unspecified atom stereocenters. The minimum Gasteiger partial charge on any atom is -0.490 e. The molecule has 0 radical (unpaired) electrons. The summed E-state index contributed by atoms with van der Waals surface area (Å²) in [5, 5.41) is 12.6. The second kappa shape index (κ2) is 5.76. The van der Waals surface area contributed by atoms with Crippen LogP contribution in [-0.4, -0.2) is 18.3 Å². The van der Waals surface area contributed by atoms with Gasteiger partial charge in [0.05, 0.1) is 13.2 Å². The van der Waals surface area contributed by atoms with Crippen molar-refractivity contribution in [2.75, 3.05) is 13.2 Å². The maximum atomic E-state index is 10.6. The van der Waals surface area contributed by atoms with Gasteiger partial charge in [-0.1, -0.05) is 15.9 Å². The van der Waals surface area contributed by atoms with Crippen molar-refractivity contribution in [2.45, 2.75) is 19.4 Å². The Kier molecular flexibility index (Phi) is 4.01. The maximum Gasteiger partial charge on any atom is 0.162 e. The van der Waals surface area contributed by atoms with Crippen LogP contribution in [0.15, 0.2) is 28.1 Å². The molecule has 0 amide bonds. The first-order valence-electron chi connectivity index (χ1n) is 6.48. The molecule has 0 spiro atoms. The van der Waals surface area contributed by atoms with Gasteiger partial charge in [0.25, 0.3) is 0 Å². The second-order valence-corrected chi connectivity index (χ2v) is 6.54. The lowest BCUT2D eigenvalue weighted by atomic mass is 10.1. The molecule has 2 aromatic rings. The average molecular weight is 355 g/mol. The van der Waals surface area contributed by atoms with E-state index in [0.717, 1.165) is 32.6 Å². The number of aliphatic hydroxyl groups is 1. The minimum atomic E-state index is -0.651. The number of benzene rings is 1. The van der Waals surface area contributed by atoms with Crippen LogP contribution in [0.4, 0.5) is 0 Å².